The first-order valence-corrected chi connectivity index (χ1v) is 5.08. The maximum atomic E-state index is 5.22. The zero-order valence-electron chi connectivity index (χ0n) is 9.38. The summed E-state index contributed by atoms with van der Waals surface area (Å²) >= 11 is 0. The Hall–Kier alpha value is -1.99. The van der Waals surface area contributed by atoms with E-state index in [1.54, 1.807) is 25.4 Å². The van der Waals surface area contributed by atoms with E-state index in [1.807, 2.05) is 0 Å². The Bertz CT molecular complexity index is 468. The molecule has 0 fully saturated rings. The lowest BCUT2D eigenvalue weighted by Crippen LogP contribution is -2.07. The molecule has 2 aromatic heterocycles. The fourth-order valence-electron chi connectivity index (χ4n) is 1.27. The summed E-state index contributed by atoms with van der Waals surface area (Å²) in [5.74, 6) is 6.85. The first-order valence-electron chi connectivity index (χ1n) is 5.08. The Morgan fingerprint density at radius 2 is 2.35 bits per heavy atom. The van der Waals surface area contributed by atoms with Crippen molar-refractivity contribution in [2.75, 3.05) is 19.1 Å². The molecule has 17 heavy (non-hydrogen) atoms. The molecule has 0 aliphatic heterocycles. The number of methoxy groups -OCH3 is 1. The first-order chi connectivity index (χ1) is 8.33. The van der Waals surface area contributed by atoms with Crippen molar-refractivity contribution in [2.24, 2.45) is 5.84 Å². The Balaban J connectivity index is 2.12. The number of nitrogens with one attached hydrogen (secondary N) is 1. The highest BCUT2D eigenvalue weighted by Crippen LogP contribution is 2.17. The average molecular weight is 235 g/mol. The van der Waals surface area contributed by atoms with E-state index in [9.17, 15) is 0 Å². The summed E-state index contributed by atoms with van der Waals surface area (Å²) < 4.78 is 10.0. The van der Waals surface area contributed by atoms with Crippen molar-refractivity contribution < 1.29 is 9.26 Å². The van der Waals surface area contributed by atoms with Crippen LogP contribution in [0.25, 0.3) is 11.5 Å². The Morgan fingerprint density at radius 3 is 3.00 bits per heavy atom. The van der Waals surface area contributed by atoms with Crippen molar-refractivity contribution in [3.8, 4) is 11.5 Å². The fraction of sp³-hybridized carbons (Fsp3) is 0.300. The van der Waals surface area contributed by atoms with Gasteiger partial charge in [-0.25, -0.2) is 10.8 Å². The summed E-state index contributed by atoms with van der Waals surface area (Å²) in [5.41, 5.74) is 3.19. The highest BCUT2D eigenvalue weighted by Gasteiger charge is 2.08. The number of hydrazine groups is 1. The number of nitrogens with zero attached hydrogens (tertiary/aromatic N) is 3. The third kappa shape index (κ3) is 2.77. The van der Waals surface area contributed by atoms with Gasteiger partial charge in [-0.15, -0.1) is 0 Å². The third-order valence-corrected chi connectivity index (χ3v) is 2.16. The number of ether oxygens (including phenoxy) is 1. The van der Waals surface area contributed by atoms with Gasteiger partial charge in [0.1, 0.15) is 5.82 Å². The summed E-state index contributed by atoms with van der Waals surface area (Å²) in [5, 5.41) is 3.84. The predicted molar refractivity (Wildman–Crippen MR) is 60.9 cm³/mol. The van der Waals surface area contributed by atoms with Gasteiger partial charge in [0.2, 0.25) is 0 Å². The van der Waals surface area contributed by atoms with E-state index in [0.29, 0.717) is 30.6 Å². The van der Waals surface area contributed by atoms with Crippen LogP contribution in [0, 0.1) is 0 Å². The fourth-order valence-corrected chi connectivity index (χ4v) is 1.27. The van der Waals surface area contributed by atoms with Crippen molar-refractivity contribution >= 4 is 5.82 Å². The van der Waals surface area contributed by atoms with Crippen LogP contribution in [-0.2, 0) is 11.2 Å². The van der Waals surface area contributed by atoms with Gasteiger partial charge in [-0.2, -0.15) is 4.98 Å². The molecule has 0 aliphatic carbocycles. The molecule has 0 saturated heterocycles. The molecule has 7 heteroatoms. The van der Waals surface area contributed by atoms with Crippen molar-refractivity contribution in [1.82, 2.24) is 15.1 Å². The van der Waals surface area contributed by atoms with E-state index in [2.05, 4.69) is 20.6 Å². The van der Waals surface area contributed by atoms with Gasteiger partial charge in [-0.1, -0.05) is 5.16 Å². The van der Waals surface area contributed by atoms with Crippen molar-refractivity contribution in [3.63, 3.8) is 0 Å². The predicted octanol–water partition coefficient (Wildman–Crippen LogP) is 0.606. The van der Waals surface area contributed by atoms with E-state index < -0.39 is 0 Å². The maximum Gasteiger partial charge on any atom is 0.259 e. The average Bonchev–Trinajstić information content (AvgIpc) is 2.85. The summed E-state index contributed by atoms with van der Waals surface area (Å²) in [6.07, 6.45) is 2.23. The number of hydrogen-bond donors (Lipinski definition) is 2. The van der Waals surface area contributed by atoms with Gasteiger partial charge >= 0.3 is 0 Å². The van der Waals surface area contributed by atoms with Crippen LogP contribution < -0.4 is 11.3 Å². The molecule has 7 nitrogen and oxygen atoms in total. The standard InChI is InChI=1S/C10H13N5O2/c1-16-5-4-9-13-10(17-15-9)7-2-3-8(14-11)12-6-7/h2-3,6H,4-5,11H2,1H3,(H,12,14). The monoisotopic (exact) mass is 235 g/mol. The molecule has 0 spiro atoms. The molecule has 3 N–H and O–H groups in total. The van der Waals surface area contributed by atoms with E-state index in [4.69, 9.17) is 15.1 Å². The van der Waals surface area contributed by atoms with Crippen molar-refractivity contribution in [1.29, 1.82) is 0 Å². The lowest BCUT2D eigenvalue weighted by atomic mass is 10.3. The summed E-state index contributed by atoms with van der Waals surface area (Å²) in [6.45, 7) is 0.563. The molecular weight excluding hydrogens is 222 g/mol. The SMILES string of the molecule is COCCc1noc(-c2ccc(NN)nc2)n1. The topological polar surface area (TPSA) is 99.1 Å². The first kappa shape index (κ1) is 11.5. The lowest BCUT2D eigenvalue weighted by Gasteiger charge is -1.97. The van der Waals surface area contributed by atoms with Gasteiger partial charge in [-0.05, 0) is 12.1 Å². The Morgan fingerprint density at radius 1 is 1.47 bits per heavy atom. The quantitative estimate of drug-likeness (QED) is 0.578. The minimum Gasteiger partial charge on any atom is -0.384 e. The van der Waals surface area contributed by atoms with Gasteiger partial charge < -0.3 is 14.7 Å². The smallest absolute Gasteiger partial charge is 0.259 e. The zero-order chi connectivity index (χ0) is 12.1. The van der Waals surface area contributed by atoms with E-state index in [0.717, 1.165) is 5.56 Å². The normalized spacial score (nSPS) is 10.5. The number of aromatic nitrogens is 3. The molecule has 0 amide bonds. The molecule has 90 valence electrons. The number of nitrogen functional groups attached to an aromatic ring is 1. The number of nitrogens with two attached hydrogens (primary N) is 1. The maximum absolute atomic E-state index is 5.22. The second-order valence-electron chi connectivity index (χ2n) is 3.34. The van der Waals surface area contributed by atoms with Gasteiger partial charge in [-0.3, -0.25) is 0 Å². The Kier molecular flexibility index (Phi) is 3.63. The molecule has 2 rings (SSSR count). The van der Waals surface area contributed by atoms with Gasteiger partial charge in [0.05, 0.1) is 12.2 Å². The number of hydrogen-bond acceptors (Lipinski definition) is 7. The summed E-state index contributed by atoms with van der Waals surface area (Å²) in [4.78, 5) is 8.28. The highest BCUT2D eigenvalue weighted by atomic mass is 16.5. The van der Waals surface area contributed by atoms with Crippen LogP contribution in [0.2, 0.25) is 0 Å². The molecular formula is C10H13N5O2. The van der Waals surface area contributed by atoms with Crippen molar-refractivity contribution in [3.05, 3.63) is 24.2 Å². The second kappa shape index (κ2) is 5.37. The Labute approximate surface area is 98.0 Å². The molecule has 0 aromatic carbocycles. The largest absolute Gasteiger partial charge is 0.384 e. The van der Waals surface area contributed by atoms with Gasteiger partial charge in [0.25, 0.3) is 5.89 Å². The van der Waals surface area contributed by atoms with Crippen LogP contribution in [0.15, 0.2) is 22.9 Å². The van der Waals surface area contributed by atoms with Crippen LogP contribution in [0.3, 0.4) is 0 Å². The molecule has 2 heterocycles. The lowest BCUT2D eigenvalue weighted by molar-refractivity contribution is 0.199. The van der Waals surface area contributed by atoms with Gasteiger partial charge in [0.15, 0.2) is 5.82 Å². The van der Waals surface area contributed by atoms with Crippen LogP contribution in [0.4, 0.5) is 5.82 Å². The molecule has 0 saturated carbocycles. The molecule has 0 bridgehead atoms. The van der Waals surface area contributed by atoms with Crippen LogP contribution in [-0.4, -0.2) is 28.8 Å². The van der Waals surface area contributed by atoms with E-state index >= 15 is 0 Å². The molecule has 0 radical (unpaired) electrons. The second-order valence-corrected chi connectivity index (χ2v) is 3.34. The number of anilines is 1. The van der Waals surface area contributed by atoms with Gasteiger partial charge in [0, 0.05) is 19.7 Å². The number of pyridine rings is 1. The summed E-state index contributed by atoms with van der Waals surface area (Å²) in [7, 11) is 1.63. The zero-order valence-corrected chi connectivity index (χ0v) is 9.38. The van der Waals surface area contributed by atoms with Crippen molar-refractivity contribution in [2.45, 2.75) is 6.42 Å². The highest BCUT2D eigenvalue weighted by molar-refractivity contribution is 5.53. The molecule has 0 aliphatic rings. The van der Waals surface area contributed by atoms with Crippen LogP contribution in [0.5, 0.6) is 0 Å². The minimum atomic E-state index is 0.437. The van der Waals surface area contributed by atoms with Crippen LogP contribution in [0.1, 0.15) is 5.82 Å². The summed E-state index contributed by atoms with van der Waals surface area (Å²) in [6, 6.07) is 3.53. The third-order valence-electron chi connectivity index (χ3n) is 2.16. The van der Waals surface area contributed by atoms with E-state index in [1.165, 1.54) is 0 Å². The molecule has 0 unspecified atom stereocenters. The number of rotatable bonds is 5. The van der Waals surface area contributed by atoms with E-state index in [-0.39, 0.29) is 0 Å². The molecule has 0 atom stereocenters. The molecule has 2 aromatic rings. The van der Waals surface area contributed by atoms with Crippen LogP contribution >= 0.6 is 0 Å². The minimum absolute atomic E-state index is 0.437.